The maximum absolute atomic E-state index is 5.95. The molecule has 2 heterocycles. The van der Waals surface area contributed by atoms with Crippen LogP contribution in [0, 0.1) is 0 Å². The van der Waals surface area contributed by atoms with Gasteiger partial charge in [0.25, 0.3) is 0 Å². The highest BCUT2D eigenvalue weighted by atomic mass is 15.2. The van der Waals surface area contributed by atoms with Crippen LogP contribution in [0.25, 0.3) is 21.9 Å². The van der Waals surface area contributed by atoms with E-state index in [0.717, 1.165) is 22.0 Å². The molecule has 0 aliphatic rings. The zero-order chi connectivity index (χ0) is 12.7. The number of pyridine rings is 1. The van der Waals surface area contributed by atoms with E-state index >= 15 is 0 Å². The number of nitrogens with two attached hydrogens (primary N) is 1. The number of fused-ring (bicyclic) bond motifs is 2. The van der Waals surface area contributed by atoms with E-state index in [1.54, 1.807) is 0 Å². The Bertz CT molecular complexity index is 714. The number of nitrogens with zero attached hydrogens (tertiary/aromatic N) is 2. The number of H-pyrrole nitrogens is 1. The first kappa shape index (κ1) is 10.8. The third-order valence-corrected chi connectivity index (χ3v) is 2.86. The van der Waals surface area contributed by atoms with Gasteiger partial charge in [0.05, 0.1) is 16.6 Å². The lowest BCUT2D eigenvalue weighted by molar-refractivity contribution is 0.903. The first-order valence-electron chi connectivity index (χ1n) is 5.95. The molecule has 0 unspecified atom stereocenters. The lowest BCUT2D eigenvalue weighted by Crippen LogP contribution is -2.11. The van der Waals surface area contributed by atoms with E-state index in [1.807, 2.05) is 24.3 Å². The number of anilines is 2. The van der Waals surface area contributed by atoms with Crippen LogP contribution >= 0.6 is 0 Å². The number of rotatable bonds is 2. The molecule has 0 aliphatic carbocycles. The van der Waals surface area contributed by atoms with Crippen molar-refractivity contribution in [2.45, 2.75) is 19.9 Å². The molecule has 0 spiro atoms. The number of para-hydroxylation sites is 1. The standard InChI is InChI=1S/C13H15N5/c1-7(2)15-11-8-5-3-4-6-9(8)16-13-10(11)12(14)17-18-13/h3-7H,1-2H3,(H4,14,15,16,17,18). The molecule has 18 heavy (non-hydrogen) atoms. The van der Waals surface area contributed by atoms with Crippen LogP contribution in [0.3, 0.4) is 0 Å². The van der Waals surface area contributed by atoms with Gasteiger partial charge in [0.15, 0.2) is 5.65 Å². The number of aromatic nitrogens is 3. The minimum absolute atomic E-state index is 0.313. The minimum atomic E-state index is 0.313. The third-order valence-electron chi connectivity index (χ3n) is 2.86. The fraction of sp³-hybridized carbons (Fsp3) is 0.231. The van der Waals surface area contributed by atoms with E-state index in [-0.39, 0.29) is 0 Å². The van der Waals surface area contributed by atoms with E-state index in [2.05, 4.69) is 34.3 Å². The Labute approximate surface area is 104 Å². The normalized spacial score (nSPS) is 11.5. The summed E-state index contributed by atoms with van der Waals surface area (Å²) >= 11 is 0. The Morgan fingerprint density at radius 1 is 1.28 bits per heavy atom. The van der Waals surface area contributed by atoms with Crippen LogP contribution in [-0.2, 0) is 0 Å². The van der Waals surface area contributed by atoms with E-state index in [9.17, 15) is 0 Å². The van der Waals surface area contributed by atoms with Gasteiger partial charge in [-0.1, -0.05) is 18.2 Å². The molecule has 0 saturated heterocycles. The first-order valence-corrected chi connectivity index (χ1v) is 5.95. The molecular weight excluding hydrogens is 226 g/mol. The number of hydrogen-bond donors (Lipinski definition) is 3. The lowest BCUT2D eigenvalue weighted by atomic mass is 10.1. The topological polar surface area (TPSA) is 79.6 Å². The molecule has 2 aromatic heterocycles. The van der Waals surface area contributed by atoms with Gasteiger partial charge in [-0.15, -0.1) is 0 Å². The monoisotopic (exact) mass is 241 g/mol. The average molecular weight is 241 g/mol. The molecule has 3 aromatic rings. The second-order valence-corrected chi connectivity index (χ2v) is 4.64. The first-order chi connectivity index (χ1) is 8.66. The molecule has 0 aliphatic heterocycles. The fourth-order valence-electron chi connectivity index (χ4n) is 2.14. The van der Waals surface area contributed by atoms with Crippen LogP contribution in [0.1, 0.15) is 13.8 Å². The number of hydrogen-bond acceptors (Lipinski definition) is 4. The molecule has 92 valence electrons. The fourth-order valence-corrected chi connectivity index (χ4v) is 2.14. The number of benzene rings is 1. The van der Waals surface area contributed by atoms with Crippen molar-refractivity contribution in [2.24, 2.45) is 0 Å². The highest BCUT2D eigenvalue weighted by Gasteiger charge is 2.14. The summed E-state index contributed by atoms with van der Waals surface area (Å²) in [6.45, 7) is 4.19. The van der Waals surface area contributed by atoms with Gasteiger partial charge in [-0.3, -0.25) is 5.10 Å². The summed E-state index contributed by atoms with van der Waals surface area (Å²) in [4.78, 5) is 4.50. The predicted octanol–water partition coefficient (Wildman–Crippen LogP) is 2.51. The maximum atomic E-state index is 5.95. The zero-order valence-electron chi connectivity index (χ0n) is 10.4. The summed E-state index contributed by atoms with van der Waals surface area (Å²) in [5.41, 5.74) is 8.51. The maximum Gasteiger partial charge on any atom is 0.185 e. The van der Waals surface area contributed by atoms with Crippen molar-refractivity contribution in [1.29, 1.82) is 0 Å². The highest BCUT2D eigenvalue weighted by molar-refractivity contribution is 6.10. The SMILES string of the molecule is CC(C)Nc1c2ccccc2nc2n[nH]c(N)c12. The van der Waals surface area contributed by atoms with Crippen LogP contribution < -0.4 is 11.1 Å². The van der Waals surface area contributed by atoms with Gasteiger partial charge in [0.1, 0.15) is 5.82 Å². The smallest absolute Gasteiger partial charge is 0.185 e. The summed E-state index contributed by atoms with van der Waals surface area (Å²) in [6.07, 6.45) is 0. The van der Waals surface area contributed by atoms with E-state index in [1.165, 1.54) is 0 Å². The molecule has 0 fully saturated rings. The van der Waals surface area contributed by atoms with Crippen molar-refractivity contribution < 1.29 is 0 Å². The molecule has 0 bridgehead atoms. The Kier molecular flexibility index (Phi) is 2.33. The summed E-state index contributed by atoms with van der Waals surface area (Å²) in [5.74, 6) is 0.548. The highest BCUT2D eigenvalue weighted by Crippen LogP contribution is 2.33. The van der Waals surface area contributed by atoms with Crippen molar-refractivity contribution >= 4 is 33.4 Å². The zero-order valence-corrected chi connectivity index (χ0v) is 10.4. The molecule has 3 rings (SSSR count). The van der Waals surface area contributed by atoms with Gasteiger partial charge in [-0.2, -0.15) is 5.10 Å². The van der Waals surface area contributed by atoms with E-state index in [4.69, 9.17) is 5.73 Å². The number of aromatic amines is 1. The number of nitrogens with one attached hydrogen (secondary N) is 2. The molecule has 0 amide bonds. The third kappa shape index (κ3) is 1.55. The largest absolute Gasteiger partial charge is 0.383 e. The molecule has 4 N–H and O–H groups in total. The van der Waals surface area contributed by atoms with Gasteiger partial charge in [-0.25, -0.2) is 4.98 Å². The van der Waals surface area contributed by atoms with Crippen molar-refractivity contribution in [3.8, 4) is 0 Å². The van der Waals surface area contributed by atoms with Gasteiger partial charge in [0.2, 0.25) is 0 Å². The Morgan fingerprint density at radius 3 is 2.83 bits per heavy atom. The molecule has 5 heteroatoms. The van der Waals surface area contributed by atoms with E-state index < -0.39 is 0 Å². The molecular formula is C13H15N5. The van der Waals surface area contributed by atoms with Crippen LogP contribution in [0.4, 0.5) is 11.5 Å². The van der Waals surface area contributed by atoms with Crippen molar-refractivity contribution in [1.82, 2.24) is 15.2 Å². The predicted molar refractivity (Wildman–Crippen MR) is 74.6 cm³/mol. The van der Waals surface area contributed by atoms with Crippen LogP contribution in [0.2, 0.25) is 0 Å². The molecule has 1 aromatic carbocycles. The number of nitrogen functional groups attached to an aromatic ring is 1. The van der Waals surface area contributed by atoms with Gasteiger partial charge < -0.3 is 11.1 Å². The lowest BCUT2D eigenvalue weighted by Gasteiger charge is -2.13. The molecule has 0 radical (unpaired) electrons. The van der Waals surface area contributed by atoms with Crippen LogP contribution in [0.15, 0.2) is 24.3 Å². The Balaban J connectivity index is 2.44. The summed E-state index contributed by atoms with van der Waals surface area (Å²) in [6, 6.07) is 8.30. The van der Waals surface area contributed by atoms with Crippen LogP contribution in [-0.4, -0.2) is 21.2 Å². The molecule has 5 nitrogen and oxygen atoms in total. The summed E-state index contributed by atoms with van der Waals surface area (Å²) in [5, 5.41) is 12.3. The van der Waals surface area contributed by atoms with Gasteiger partial charge in [-0.05, 0) is 19.9 Å². The average Bonchev–Trinajstić information content (AvgIpc) is 2.70. The second-order valence-electron chi connectivity index (χ2n) is 4.64. The Morgan fingerprint density at radius 2 is 2.06 bits per heavy atom. The quantitative estimate of drug-likeness (QED) is 0.644. The second kappa shape index (κ2) is 3.87. The van der Waals surface area contributed by atoms with E-state index in [0.29, 0.717) is 17.5 Å². The molecule has 0 atom stereocenters. The van der Waals surface area contributed by atoms with Gasteiger partial charge in [0, 0.05) is 11.4 Å². The minimum Gasteiger partial charge on any atom is -0.383 e. The summed E-state index contributed by atoms with van der Waals surface area (Å²) in [7, 11) is 0. The van der Waals surface area contributed by atoms with Crippen molar-refractivity contribution in [3.05, 3.63) is 24.3 Å². The van der Waals surface area contributed by atoms with Crippen molar-refractivity contribution in [3.63, 3.8) is 0 Å². The van der Waals surface area contributed by atoms with Crippen molar-refractivity contribution in [2.75, 3.05) is 11.1 Å². The molecule has 0 saturated carbocycles. The Hall–Kier alpha value is -2.30. The van der Waals surface area contributed by atoms with Gasteiger partial charge >= 0.3 is 0 Å². The van der Waals surface area contributed by atoms with Crippen LogP contribution in [0.5, 0.6) is 0 Å². The summed E-state index contributed by atoms with van der Waals surface area (Å²) < 4.78 is 0.